The fraction of sp³-hybridized carbons (Fsp3) is 0.429. The van der Waals surface area contributed by atoms with Crippen LogP contribution in [-0.2, 0) is 9.53 Å². The van der Waals surface area contributed by atoms with Gasteiger partial charge in [0.1, 0.15) is 0 Å². The van der Waals surface area contributed by atoms with E-state index in [1.54, 1.807) is 0 Å². The first-order valence-electron chi connectivity index (χ1n) is 6.48. The van der Waals surface area contributed by atoms with Gasteiger partial charge in [-0.05, 0) is 0 Å². The van der Waals surface area contributed by atoms with Crippen molar-refractivity contribution in [3.63, 3.8) is 0 Å². The third kappa shape index (κ3) is 3.87. The molecule has 0 aliphatic heterocycles. The van der Waals surface area contributed by atoms with E-state index in [1.807, 2.05) is 0 Å². The second-order valence-corrected chi connectivity index (χ2v) is 4.30. The Hall–Kier alpha value is -2.84. The summed E-state index contributed by atoms with van der Waals surface area (Å²) < 4.78 is 19.7. The predicted octanol–water partition coefficient (Wildman–Crippen LogP) is 1.76. The molecule has 0 radical (unpaired) electrons. The molecule has 1 rings (SSSR count). The van der Waals surface area contributed by atoms with Crippen LogP contribution >= 0.6 is 0 Å². The number of benzene rings is 1. The summed E-state index contributed by atoms with van der Waals surface area (Å²) in [5.74, 6) is -1.29. The van der Waals surface area contributed by atoms with Gasteiger partial charge in [0.05, 0.1) is 45.3 Å². The number of methoxy groups -OCH3 is 4. The van der Waals surface area contributed by atoms with Gasteiger partial charge in [0.25, 0.3) is 0 Å². The molecule has 0 saturated carbocycles. The molecule has 0 spiro atoms. The maximum Gasteiger partial charge on any atom is 0.315 e. The van der Waals surface area contributed by atoms with E-state index in [2.05, 4.69) is 4.74 Å². The van der Waals surface area contributed by atoms with Crippen LogP contribution in [0.2, 0.25) is 0 Å². The van der Waals surface area contributed by atoms with Crippen molar-refractivity contribution in [3.8, 4) is 17.2 Å². The molecule has 0 aliphatic carbocycles. The van der Waals surface area contributed by atoms with E-state index in [0.29, 0.717) is 0 Å². The maximum absolute atomic E-state index is 12.3. The summed E-state index contributed by atoms with van der Waals surface area (Å²) in [4.78, 5) is 33.9. The minimum atomic E-state index is -0.697. The van der Waals surface area contributed by atoms with Crippen molar-refractivity contribution in [2.24, 2.45) is 0 Å². The highest BCUT2D eigenvalue weighted by Crippen LogP contribution is 2.46. The van der Waals surface area contributed by atoms with Crippen molar-refractivity contribution < 1.29 is 33.5 Å². The SMILES string of the molecule is COC(=O)CCC(=O)c1cc([N+](=O)[O-])c(OC)c(OC)c1OC. The summed E-state index contributed by atoms with van der Waals surface area (Å²) in [6.07, 6.45) is -0.337. The van der Waals surface area contributed by atoms with Crippen LogP contribution in [0.4, 0.5) is 5.69 Å². The lowest BCUT2D eigenvalue weighted by molar-refractivity contribution is -0.385. The van der Waals surface area contributed by atoms with Crippen molar-refractivity contribution in [1.29, 1.82) is 0 Å². The Bertz CT molecular complexity index is 626. The van der Waals surface area contributed by atoms with E-state index in [4.69, 9.17) is 14.2 Å². The first-order chi connectivity index (χ1) is 10.9. The molecule has 9 heteroatoms. The van der Waals surface area contributed by atoms with Gasteiger partial charge >= 0.3 is 11.7 Å². The lowest BCUT2D eigenvalue weighted by atomic mass is 10.0. The molecule has 0 aromatic heterocycles. The molecule has 0 saturated heterocycles. The van der Waals surface area contributed by atoms with Gasteiger partial charge in [-0.1, -0.05) is 0 Å². The lowest BCUT2D eigenvalue weighted by Gasteiger charge is -2.15. The Kier molecular flexibility index (Phi) is 6.31. The van der Waals surface area contributed by atoms with Crippen LogP contribution in [0.15, 0.2) is 6.07 Å². The standard InChI is InChI=1S/C14H17NO8/c1-20-11(17)6-5-10(16)8-7-9(15(18)19)13(22-3)14(23-4)12(8)21-2/h7H,5-6H2,1-4H3. The van der Waals surface area contributed by atoms with Crippen LogP contribution < -0.4 is 14.2 Å². The molecule has 0 bridgehead atoms. The van der Waals surface area contributed by atoms with Crippen LogP contribution in [0, 0.1) is 10.1 Å². The topological polar surface area (TPSA) is 114 Å². The summed E-state index contributed by atoms with van der Waals surface area (Å²) in [5, 5.41) is 11.2. The van der Waals surface area contributed by atoms with Gasteiger partial charge in [0, 0.05) is 12.5 Å². The zero-order chi connectivity index (χ0) is 17.6. The van der Waals surface area contributed by atoms with E-state index in [-0.39, 0.29) is 35.7 Å². The monoisotopic (exact) mass is 327 g/mol. The second-order valence-electron chi connectivity index (χ2n) is 4.30. The first-order valence-corrected chi connectivity index (χ1v) is 6.48. The van der Waals surface area contributed by atoms with E-state index in [1.165, 1.54) is 28.4 Å². The number of Topliss-reactive ketones (excluding diaryl/α,β-unsaturated/α-hetero) is 1. The number of nitro benzene ring substituents is 1. The molecule has 9 nitrogen and oxygen atoms in total. The van der Waals surface area contributed by atoms with Crippen LogP contribution in [0.5, 0.6) is 17.2 Å². The smallest absolute Gasteiger partial charge is 0.315 e. The molecule has 0 unspecified atom stereocenters. The minimum Gasteiger partial charge on any atom is -0.492 e. The van der Waals surface area contributed by atoms with Gasteiger partial charge in [-0.15, -0.1) is 0 Å². The molecule has 0 heterocycles. The normalized spacial score (nSPS) is 9.91. The Balaban J connectivity index is 3.40. The molecule has 0 atom stereocenters. The van der Waals surface area contributed by atoms with E-state index in [9.17, 15) is 19.7 Å². The number of nitro groups is 1. The number of hydrogen-bond acceptors (Lipinski definition) is 8. The quantitative estimate of drug-likeness (QED) is 0.307. The fourth-order valence-corrected chi connectivity index (χ4v) is 1.99. The second kappa shape index (κ2) is 7.97. The molecule has 0 aliphatic rings. The Labute approximate surface area is 132 Å². The number of esters is 1. The molecule has 23 heavy (non-hydrogen) atoms. The highest BCUT2D eigenvalue weighted by atomic mass is 16.6. The van der Waals surface area contributed by atoms with Gasteiger partial charge in [0.2, 0.25) is 11.5 Å². The van der Waals surface area contributed by atoms with E-state index >= 15 is 0 Å². The van der Waals surface area contributed by atoms with Crippen LogP contribution in [0.1, 0.15) is 23.2 Å². The predicted molar refractivity (Wildman–Crippen MR) is 78.3 cm³/mol. The number of nitrogens with zero attached hydrogens (tertiary/aromatic N) is 1. The highest BCUT2D eigenvalue weighted by Gasteiger charge is 2.30. The lowest BCUT2D eigenvalue weighted by Crippen LogP contribution is -2.09. The summed E-state index contributed by atoms with van der Waals surface area (Å²) >= 11 is 0. The number of hydrogen-bond donors (Lipinski definition) is 0. The summed E-state index contributed by atoms with van der Waals surface area (Å²) in [6, 6.07) is 1.04. The largest absolute Gasteiger partial charge is 0.492 e. The Morgan fingerprint density at radius 3 is 2.00 bits per heavy atom. The summed E-state index contributed by atoms with van der Waals surface area (Å²) in [5.41, 5.74) is -0.507. The molecule has 0 amide bonds. The van der Waals surface area contributed by atoms with Gasteiger partial charge < -0.3 is 18.9 Å². The minimum absolute atomic E-state index is 0.00446. The number of carbonyl (C=O) groups excluding carboxylic acids is 2. The number of rotatable bonds is 8. The fourth-order valence-electron chi connectivity index (χ4n) is 1.99. The molecule has 1 aromatic rings. The molecular weight excluding hydrogens is 310 g/mol. The van der Waals surface area contributed by atoms with Crippen LogP contribution in [-0.4, -0.2) is 45.1 Å². The van der Waals surface area contributed by atoms with E-state index < -0.39 is 22.4 Å². The number of ether oxygens (including phenoxy) is 4. The van der Waals surface area contributed by atoms with E-state index in [0.717, 1.165) is 6.07 Å². The molecule has 126 valence electrons. The summed E-state index contributed by atoms with van der Waals surface area (Å²) in [7, 11) is 5.00. The van der Waals surface area contributed by atoms with Crippen molar-refractivity contribution in [2.75, 3.05) is 28.4 Å². The van der Waals surface area contributed by atoms with Crippen molar-refractivity contribution in [3.05, 3.63) is 21.7 Å². The van der Waals surface area contributed by atoms with Crippen molar-refractivity contribution in [1.82, 2.24) is 0 Å². The third-order valence-electron chi connectivity index (χ3n) is 3.06. The first kappa shape index (κ1) is 18.2. The Morgan fingerprint density at radius 2 is 1.57 bits per heavy atom. The highest BCUT2D eigenvalue weighted by molar-refractivity contribution is 6.02. The van der Waals surface area contributed by atoms with Crippen molar-refractivity contribution in [2.45, 2.75) is 12.8 Å². The van der Waals surface area contributed by atoms with Gasteiger partial charge in [-0.2, -0.15) is 0 Å². The zero-order valence-corrected chi connectivity index (χ0v) is 13.2. The van der Waals surface area contributed by atoms with Gasteiger partial charge in [0.15, 0.2) is 11.5 Å². The van der Waals surface area contributed by atoms with Crippen LogP contribution in [0.25, 0.3) is 0 Å². The van der Waals surface area contributed by atoms with Gasteiger partial charge in [-0.3, -0.25) is 19.7 Å². The zero-order valence-electron chi connectivity index (χ0n) is 13.2. The average molecular weight is 327 g/mol. The number of carbonyl (C=O) groups is 2. The molecule has 0 fully saturated rings. The average Bonchev–Trinajstić information content (AvgIpc) is 2.56. The van der Waals surface area contributed by atoms with Crippen LogP contribution in [0.3, 0.4) is 0 Å². The number of ketones is 1. The maximum atomic E-state index is 12.3. The Morgan fingerprint density at radius 1 is 1.00 bits per heavy atom. The molecule has 0 N–H and O–H groups in total. The third-order valence-corrected chi connectivity index (χ3v) is 3.06. The van der Waals surface area contributed by atoms with Gasteiger partial charge in [-0.25, -0.2) is 0 Å². The molecule has 1 aromatic carbocycles. The summed E-state index contributed by atoms with van der Waals surface area (Å²) in [6.45, 7) is 0. The molecular formula is C14H17NO8. The van der Waals surface area contributed by atoms with Crippen molar-refractivity contribution >= 4 is 17.4 Å².